The number of hydrogen-bond acceptors (Lipinski definition) is 7. The smallest absolute Gasteiger partial charge is 0.308 e. The Hall–Kier alpha value is -3.16. The Morgan fingerprint density at radius 3 is 2.81 bits per heavy atom. The molecule has 0 bridgehead atoms. The summed E-state index contributed by atoms with van der Waals surface area (Å²) in [5, 5.41) is 8.26. The van der Waals surface area contributed by atoms with Crippen LogP contribution in [0, 0.1) is 13.8 Å². The number of carbonyl (C=O) groups excluding carboxylic acids is 1. The normalized spacial score (nSPS) is 10.8. The van der Waals surface area contributed by atoms with Gasteiger partial charge in [-0.3, -0.25) is 9.48 Å². The molecule has 0 aliphatic carbocycles. The van der Waals surface area contributed by atoms with Crippen LogP contribution < -0.4 is 4.74 Å². The molecular formula is C19H22N4O4. The second-order valence-corrected chi connectivity index (χ2v) is 6.00. The third-order valence-electron chi connectivity index (χ3n) is 3.88. The van der Waals surface area contributed by atoms with Gasteiger partial charge in [-0.05, 0) is 39.0 Å². The number of ether oxygens (including phenoxy) is 2. The third-order valence-corrected chi connectivity index (χ3v) is 3.88. The highest BCUT2D eigenvalue weighted by Gasteiger charge is 2.14. The molecule has 0 aliphatic rings. The fourth-order valence-corrected chi connectivity index (χ4v) is 2.67. The average Bonchev–Trinajstić information content (AvgIpc) is 3.25. The van der Waals surface area contributed by atoms with Gasteiger partial charge in [0.2, 0.25) is 5.82 Å². The maximum Gasteiger partial charge on any atom is 0.308 e. The summed E-state index contributed by atoms with van der Waals surface area (Å²) in [5.41, 5.74) is 2.66. The average molecular weight is 370 g/mol. The number of hydrogen-bond donors (Lipinski definition) is 0. The Kier molecular flexibility index (Phi) is 5.85. The summed E-state index contributed by atoms with van der Waals surface area (Å²) in [6.07, 6.45) is 0.218. The van der Waals surface area contributed by atoms with Gasteiger partial charge in [-0.25, -0.2) is 0 Å². The standard InChI is InChI=1S/C19H22N4O4/c1-4-25-16-8-6-5-7-15(16)19-20-17(27-22-19)12-26-18(24)9-10-23-14(3)11-13(2)21-23/h5-8,11H,4,9-10,12H2,1-3H3. The predicted octanol–water partition coefficient (Wildman–Crippen LogP) is 3.08. The van der Waals surface area contributed by atoms with E-state index in [4.69, 9.17) is 14.0 Å². The highest BCUT2D eigenvalue weighted by molar-refractivity contribution is 5.69. The largest absolute Gasteiger partial charge is 0.493 e. The minimum absolute atomic E-state index is 0.0697. The van der Waals surface area contributed by atoms with Gasteiger partial charge in [-0.1, -0.05) is 17.3 Å². The maximum atomic E-state index is 12.0. The molecule has 2 aromatic heterocycles. The first-order valence-electron chi connectivity index (χ1n) is 8.78. The lowest BCUT2D eigenvalue weighted by Gasteiger charge is -2.06. The summed E-state index contributed by atoms with van der Waals surface area (Å²) in [6, 6.07) is 9.40. The summed E-state index contributed by atoms with van der Waals surface area (Å²) in [7, 11) is 0. The number of aryl methyl sites for hydroxylation is 3. The van der Waals surface area contributed by atoms with E-state index in [-0.39, 0.29) is 24.9 Å². The molecule has 8 heteroatoms. The monoisotopic (exact) mass is 370 g/mol. The van der Waals surface area contributed by atoms with Gasteiger partial charge in [0.05, 0.1) is 30.8 Å². The van der Waals surface area contributed by atoms with Gasteiger partial charge in [-0.2, -0.15) is 10.1 Å². The number of nitrogens with zero attached hydrogens (tertiary/aromatic N) is 4. The number of benzene rings is 1. The van der Waals surface area contributed by atoms with E-state index >= 15 is 0 Å². The van der Waals surface area contributed by atoms with Crippen LogP contribution in [0.25, 0.3) is 11.4 Å². The molecule has 0 radical (unpaired) electrons. The van der Waals surface area contributed by atoms with Crippen LogP contribution in [0.1, 0.15) is 30.6 Å². The minimum Gasteiger partial charge on any atom is -0.493 e. The number of aromatic nitrogens is 4. The maximum absolute atomic E-state index is 12.0. The molecule has 0 N–H and O–H groups in total. The second-order valence-electron chi connectivity index (χ2n) is 6.00. The van der Waals surface area contributed by atoms with Crippen LogP contribution in [-0.4, -0.2) is 32.5 Å². The fraction of sp³-hybridized carbons (Fsp3) is 0.368. The zero-order valence-corrected chi connectivity index (χ0v) is 15.6. The van der Waals surface area contributed by atoms with E-state index in [2.05, 4.69) is 15.2 Å². The van der Waals surface area contributed by atoms with Gasteiger partial charge in [0.1, 0.15) is 5.75 Å². The topological polar surface area (TPSA) is 92.3 Å². The van der Waals surface area contributed by atoms with Gasteiger partial charge in [-0.15, -0.1) is 0 Å². The van der Waals surface area contributed by atoms with Crippen molar-refractivity contribution in [2.75, 3.05) is 6.61 Å². The van der Waals surface area contributed by atoms with E-state index in [9.17, 15) is 4.79 Å². The van der Waals surface area contributed by atoms with Crippen molar-refractivity contribution in [3.05, 3.63) is 47.6 Å². The number of esters is 1. The molecule has 142 valence electrons. The van der Waals surface area contributed by atoms with Crippen molar-refractivity contribution < 1.29 is 18.8 Å². The Balaban J connectivity index is 1.55. The van der Waals surface area contributed by atoms with Crippen molar-refractivity contribution in [2.24, 2.45) is 0 Å². The molecule has 8 nitrogen and oxygen atoms in total. The quantitative estimate of drug-likeness (QED) is 0.563. The van der Waals surface area contributed by atoms with Crippen LogP contribution in [0.3, 0.4) is 0 Å². The molecule has 0 saturated heterocycles. The molecule has 0 fully saturated rings. The van der Waals surface area contributed by atoms with Crippen LogP contribution >= 0.6 is 0 Å². The molecule has 0 atom stereocenters. The minimum atomic E-state index is -0.350. The molecule has 0 saturated carbocycles. The molecule has 27 heavy (non-hydrogen) atoms. The van der Waals surface area contributed by atoms with Crippen molar-refractivity contribution >= 4 is 5.97 Å². The molecule has 0 amide bonds. The van der Waals surface area contributed by atoms with Crippen molar-refractivity contribution in [2.45, 2.75) is 40.3 Å². The first-order chi connectivity index (χ1) is 13.1. The van der Waals surface area contributed by atoms with Gasteiger partial charge < -0.3 is 14.0 Å². The van der Waals surface area contributed by atoms with Gasteiger partial charge in [0.25, 0.3) is 5.89 Å². The first-order valence-corrected chi connectivity index (χ1v) is 8.78. The molecular weight excluding hydrogens is 348 g/mol. The zero-order valence-electron chi connectivity index (χ0n) is 15.6. The number of rotatable bonds is 8. The van der Waals surface area contributed by atoms with E-state index in [1.807, 2.05) is 51.1 Å². The number of carbonyl (C=O) groups is 1. The molecule has 0 unspecified atom stereocenters. The second kappa shape index (κ2) is 8.48. The van der Waals surface area contributed by atoms with Crippen LogP contribution in [0.5, 0.6) is 5.75 Å². The third kappa shape index (κ3) is 4.72. The van der Waals surface area contributed by atoms with E-state index in [1.165, 1.54) is 0 Å². The summed E-state index contributed by atoms with van der Waals surface area (Å²) in [6.45, 7) is 6.71. The van der Waals surface area contributed by atoms with E-state index in [0.29, 0.717) is 24.7 Å². The lowest BCUT2D eigenvalue weighted by Crippen LogP contribution is -2.11. The Morgan fingerprint density at radius 1 is 1.26 bits per heavy atom. The van der Waals surface area contributed by atoms with Crippen molar-refractivity contribution in [1.82, 2.24) is 19.9 Å². The lowest BCUT2D eigenvalue weighted by molar-refractivity contribution is -0.146. The van der Waals surface area contributed by atoms with Crippen molar-refractivity contribution in [1.29, 1.82) is 0 Å². The SMILES string of the molecule is CCOc1ccccc1-c1noc(COC(=O)CCn2nc(C)cc2C)n1. The molecule has 3 aromatic rings. The Bertz CT molecular complexity index is 916. The van der Waals surface area contributed by atoms with Crippen LogP contribution in [-0.2, 0) is 22.7 Å². The van der Waals surface area contributed by atoms with E-state index in [1.54, 1.807) is 4.68 Å². The Labute approximate surface area is 157 Å². The highest BCUT2D eigenvalue weighted by Crippen LogP contribution is 2.27. The molecule has 3 rings (SSSR count). The summed E-state index contributed by atoms with van der Waals surface area (Å²) in [4.78, 5) is 16.2. The van der Waals surface area contributed by atoms with E-state index < -0.39 is 0 Å². The van der Waals surface area contributed by atoms with E-state index in [0.717, 1.165) is 17.0 Å². The lowest BCUT2D eigenvalue weighted by atomic mass is 10.2. The highest BCUT2D eigenvalue weighted by atomic mass is 16.6. The van der Waals surface area contributed by atoms with Crippen LogP contribution in [0.4, 0.5) is 0 Å². The van der Waals surface area contributed by atoms with Crippen LogP contribution in [0.2, 0.25) is 0 Å². The van der Waals surface area contributed by atoms with Crippen molar-refractivity contribution in [3.63, 3.8) is 0 Å². The first kappa shape index (κ1) is 18.6. The molecule has 1 aromatic carbocycles. The molecule has 0 spiro atoms. The fourth-order valence-electron chi connectivity index (χ4n) is 2.67. The van der Waals surface area contributed by atoms with Gasteiger partial charge in [0.15, 0.2) is 6.61 Å². The molecule has 2 heterocycles. The molecule has 0 aliphatic heterocycles. The van der Waals surface area contributed by atoms with Gasteiger partial charge >= 0.3 is 5.97 Å². The van der Waals surface area contributed by atoms with Gasteiger partial charge in [0, 0.05) is 5.69 Å². The number of para-hydroxylation sites is 1. The summed E-state index contributed by atoms with van der Waals surface area (Å²) in [5.74, 6) is 0.953. The summed E-state index contributed by atoms with van der Waals surface area (Å²) < 4.78 is 17.7. The predicted molar refractivity (Wildman–Crippen MR) is 97.0 cm³/mol. The zero-order chi connectivity index (χ0) is 19.2. The van der Waals surface area contributed by atoms with Crippen molar-refractivity contribution in [3.8, 4) is 17.1 Å². The Morgan fingerprint density at radius 2 is 2.07 bits per heavy atom. The van der Waals surface area contributed by atoms with Crippen LogP contribution in [0.15, 0.2) is 34.9 Å². The summed E-state index contributed by atoms with van der Waals surface area (Å²) >= 11 is 0.